The Balaban J connectivity index is 1.91. The van der Waals surface area contributed by atoms with Crippen LogP contribution in [0.4, 0.5) is 5.69 Å². The van der Waals surface area contributed by atoms with Gasteiger partial charge in [0.05, 0.1) is 11.9 Å². The maximum Gasteiger partial charge on any atom is 0.260 e. The topological polar surface area (TPSA) is 75.7 Å². The van der Waals surface area contributed by atoms with E-state index in [2.05, 4.69) is 5.32 Å². The van der Waals surface area contributed by atoms with Gasteiger partial charge in [-0.2, -0.15) is 0 Å². The number of sulfonamides is 1. The van der Waals surface area contributed by atoms with Gasteiger partial charge in [-0.25, -0.2) is 8.42 Å². The SMILES string of the molecule is CC(Oc1ccc(N(C)S(C)(=O)=O)cc1)C(=O)NC1CCCCC1. The minimum Gasteiger partial charge on any atom is -0.481 e. The van der Waals surface area contributed by atoms with Crippen LogP contribution in [-0.4, -0.2) is 39.8 Å². The van der Waals surface area contributed by atoms with Crippen LogP contribution in [0.1, 0.15) is 39.0 Å². The van der Waals surface area contributed by atoms with Gasteiger partial charge in [0.15, 0.2) is 6.10 Å². The first-order valence-corrected chi connectivity index (χ1v) is 10.1. The van der Waals surface area contributed by atoms with Crippen LogP contribution in [-0.2, 0) is 14.8 Å². The summed E-state index contributed by atoms with van der Waals surface area (Å²) in [7, 11) is -1.80. The Labute approximate surface area is 144 Å². The third-order valence-electron chi connectivity index (χ3n) is 4.33. The van der Waals surface area contributed by atoms with Crippen molar-refractivity contribution in [1.82, 2.24) is 5.32 Å². The van der Waals surface area contributed by atoms with Crippen LogP contribution >= 0.6 is 0 Å². The molecule has 0 heterocycles. The van der Waals surface area contributed by atoms with E-state index in [0.29, 0.717) is 11.4 Å². The predicted octanol–water partition coefficient (Wildman–Crippen LogP) is 2.30. The van der Waals surface area contributed by atoms with Gasteiger partial charge >= 0.3 is 0 Å². The number of benzene rings is 1. The molecule has 0 bridgehead atoms. The fourth-order valence-corrected chi connectivity index (χ4v) is 3.25. The number of amides is 1. The maximum atomic E-state index is 12.2. The van der Waals surface area contributed by atoms with Crippen molar-refractivity contribution in [2.24, 2.45) is 0 Å². The van der Waals surface area contributed by atoms with Crippen molar-refractivity contribution >= 4 is 21.6 Å². The van der Waals surface area contributed by atoms with Crippen LogP contribution in [0.15, 0.2) is 24.3 Å². The number of nitrogens with zero attached hydrogens (tertiary/aromatic N) is 1. The van der Waals surface area contributed by atoms with Crippen LogP contribution in [0.3, 0.4) is 0 Å². The molecule has 6 nitrogen and oxygen atoms in total. The Morgan fingerprint density at radius 1 is 1.21 bits per heavy atom. The second kappa shape index (κ2) is 7.88. The van der Waals surface area contributed by atoms with E-state index in [-0.39, 0.29) is 11.9 Å². The normalized spacial score (nSPS) is 17.1. The number of anilines is 1. The molecule has 0 radical (unpaired) electrons. The van der Waals surface area contributed by atoms with Crippen molar-refractivity contribution < 1.29 is 17.9 Å². The molecule has 1 aliphatic carbocycles. The molecular formula is C17H26N2O4S. The second-order valence-corrected chi connectivity index (χ2v) is 8.34. The molecule has 1 fully saturated rings. The maximum absolute atomic E-state index is 12.2. The molecule has 1 N–H and O–H groups in total. The Bertz CT molecular complexity index is 652. The lowest BCUT2D eigenvalue weighted by Gasteiger charge is -2.24. The van der Waals surface area contributed by atoms with Crippen molar-refractivity contribution in [2.75, 3.05) is 17.6 Å². The van der Waals surface area contributed by atoms with Crippen molar-refractivity contribution in [1.29, 1.82) is 0 Å². The minimum absolute atomic E-state index is 0.112. The predicted molar refractivity (Wildman–Crippen MR) is 94.8 cm³/mol. The summed E-state index contributed by atoms with van der Waals surface area (Å²) in [5.74, 6) is 0.422. The van der Waals surface area contributed by atoms with E-state index in [1.807, 2.05) is 0 Å². The van der Waals surface area contributed by atoms with E-state index < -0.39 is 16.1 Å². The first kappa shape index (κ1) is 18.6. The highest BCUT2D eigenvalue weighted by Crippen LogP contribution is 2.21. The Morgan fingerprint density at radius 2 is 1.79 bits per heavy atom. The Hall–Kier alpha value is -1.76. The summed E-state index contributed by atoms with van der Waals surface area (Å²) >= 11 is 0. The van der Waals surface area contributed by atoms with E-state index in [1.54, 1.807) is 31.2 Å². The molecule has 0 saturated heterocycles. The largest absolute Gasteiger partial charge is 0.481 e. The Kier molecular flexibility index (Phi) is 6.10. The highest BCUT2D eigenvalue weighted by atomic mass is 32.2. The molecule has 2 rings (SSSR count). The molecule has 1 aromatic carbocycles. The third kappa shape index (κ3) is 5.12. The van der Waals surface area contributed by atoms with Gasteiger partial charge in [-0.1, -0.05) is 19.3 Å². The molecule has 7 heteroatoms. The van der Waals surface area contributed by atoms with Gasteiger partial charge in [-0.05, 0) is 44.0 Å². The monoisotopic (exact) mass is 354 g/mol. The summed E-state index contributed by atoms with van der Waals surface area (Å²) in [6, 6.07) is 6.90. The lowest BCUT2D eigenvalue weighted by molar-refractivity contribution is -0.128. The van der Waals surface area contributed by atoms with Crippen LogP contribution < -0.4 is 14.4 Å². The van der Waals surface area contributed by atoms with Gasteiger partial charge in [0.1, 0.15) is 5.75 Å². The lowest BCUT2D eigenvalue weighted by atomic mass is 9.95. The fourth-order valence-electron chi connectivity index (χ4n) is 2.75. The summed E-state index contributed by atoms with van der Waals surface area (Å²) in [5.41, 5.74) is 0.546. The highest BCUT2D eigenvalue weighted by molar-refractivity contribution is 7.92. The first-order valence-electron chi connectivity index (χ1n) is 8.28. The average Bonchev–Trinajstić information content (AvgIpc) is 2.55. The molecule has 0 spiro atoms. The molecule has 1 amide bonds. The van der Waals surface area contributed by atoms with Crippen molar-refractivity contribution in [3.05, 3.63) is 24.3 Å². The second-order valence-electron chi connectivity index (χ2n) is 6.33. The summed E-state index contributed by atoms with van der Waals surface area (Å²) in [5, 5.41) is 3.04. The van der Waals surface area contributed by atoms with E-state index in [4.69, 9.17) is 4.74 Å². The number of hydrogen-bond acceptors (Lipinski definition) is 4. The number of ether oxygens (including phenoxy) is 1. The summed E-state index contributed by atoms with van der Waals surface area (Å²) in [6.45, 7) is 1.72. The molecule has 1 unspecified atom stereocenters. The van der Waals surface area contributed by atoms with Crippen LogP contribution in [0.5, 0.6) is 5.75 Å². The van der Waals surface area contributed by atoms with Gasteiger partial charge in [-0.15, -0.1) is 0 Å². The van der Waals surface area contributed by atoms with Gasteiger partial charge in [-0.3, -0.25) is 9.10 Å². The summed E-state index contributed by atoms with van der Waals surface area (Å²) in [4.78, 5) is 12.2. The zero-order valence-electron chi connectivity index (χ0n) is 14.5. The third-order valence-corrected chi connectivity index (χ3v) is 5.54. The standard InChI is InChI=1S/C17H26N2O4S/c1-13(17(20)18-14-7-5-4-6-8-14)23-16-11-9-15(10-12-16)19(2)24(3,21)22/h9-14H,4-8H2,1-3H3,(H,18,20). The van der Waals surface area contributed by atoms with Crippen molar-refractivity contribution in [3.63, 3.8) is 0 Å². The van der Waals surface area contributed by atoms with Crippen LogP contribution in [0.2, 0.25) is 0 Å². The van der Waals surface area contributed by atoms with Gasteiger partial charge in [0, 0.05) is 13.1 Å². The smallest absolute Gasteiger partial charge is 0.260 e. The number of nitrogens with one attached hydrogen (secondary N) is 1. The zero-order chi connectivity index (χ0) is 17.7. The molecule has 0 aromatic heterocycles. The van der Waals surface area contributed by atoms with E-state index in [1.165, 1.54) is 17.8 Å². The Morgan fingerprint density at radius 3 is 2.33 bits per heavy atom. The zero-order valence-corrected chi connectivity index (χ0v) is 15.3. The van der Waals surface area contributed by atoms with Gasteiger partial charge in [0.2, 0.25) is 10.0 Å². The minimum atomic E-state index is -3.29. The van der Waals surface area contributed by atoms with Gasteiger partial charge in [0.25, 0.3) is 5.91 Å². The number of rotatable bonds is 6. The first-order chi connectivity index (χ1) is 11.3. The van der Waals surface area contributed by atoms with Gasteiger partial charge < -0.3 is 10.1 Å². The molecule has 0 aliphatic heterocycles. The molecule has 1 aromatic rings. The molecule has 1 saturated carbocycles. The van der Waals surface area contributed by atoms with Crippen LogP contribution in [0.25, 0.3) is 0 Å². The molecule has 1 aliphatic rings. The van der Waals surface area contributed by atoms with E-state index >= 15 is 0 Å². The lowest BCUT2D eigenvalue weighted by Crippen LogP contribution is -2.43. The molecular weight excluding hydrogens is 328 g/mol. The molecule has 24 heavy (non-hydrogen) atoms. The number of carbonyl (C=O) groups excluding carboxylic acids is 1. The number of hydrogen-bond donors (Lipinski definition) is 1. The average molecular weight is 354 g/mol. The van der Waals surface area contributed by atoms with Crippen molar-refractivity contribution in [2.45, 2.75) is 51.2 Å². The summed E-state index contributed by atoms with van der Waals surface area (Å²) in [6.07, 6.45) is 6.19. The van der Waals surface area contributed by atoms with E-state index in [9.17, 15) is 13.2 Å². The highest BCUT2D eigenvalue weighted by Gasteiger charge is 2.21. The fraction of sp³-hybridized carbons (Fsp3) is 0.588. The molecule has 134 valence electrons. The van der Waals surface area contributed by atoms with Crippen LogP contribution in [0, 0.1) is 0 Å². The number of carbonyl (C=O) groups is 1. The van der Waals surface area contributed by atoms with E-state index in [0.717, 1.165) is 31.9 Å². The van der Waals surface area contributed by atoms with Crippen molar-refractivity contribution in [3.8, 4) is 5.75 Å². The molecule has 1 atom stereocenters. The quantitative estimate of drug-likeness (QED) is 0.850. The summed E-state index contributed by atoms with van der Waals surface area (Å²) < 4.78 is 29.9.